The van der Waals surface area contributed by atoms with E-state index in [0.29, 0.717) is 6.54 Å². The number of hydrogen-bond donors (Lipinski definition) is 0. The van der Waals surface area contributed by atoms with Gasteiger partial charge in [0, 0.05) is 16.9 Å². The molecule has 3 aromatic rings. The first-order valence-corrected chi connectivity index (χ1v) is 8.75. The van der Waals surface area contributed by atoms with E-state index in [0.717, 1.165) is 39.8 Å². The molecule has 0 saturated carbocycles. The van der Waals surface area contributed by atoms with Crippen LogP contribution in [-0.2, 0) is 13.0 Å². The smallest absolute Gasteiger partial charge is 0.261 e. The Bertz CT molecular complexity index is 989. The minimum absolute atomic E-state index is 0.0672. The Morgan fingerprint density at radius 2 is 2.04 bits per heavy atom. The van der Waals surface area contributed by atoms with Gasteiger partial charge in [-0.3, -0.25) is 9.36 Å². The highest BCUT2D eigenvalue weighted by Crippen LogP contribution is 2.32. The predicted octanol–water partition coefficient (Wildman–Crippen LogP) is 4.38. The standard InChI is InChI=1S/C19H17BrN2O/c1-11-9-15(12(2)20)17-16(10-11)19(23)22-8-7-13-5-3-4-6-14(13)18(22)21-17/h3-6,9-10,12H,7-8H2,1-2H3. The molecule has 4 rings (SSSR count). The average Bonchev–Trinajstić information content (AvgIpc) is 2.55. The molecule has 1 aliphatic rings. The molecule has 116 valence electrons. The monoisotopic (exact) mass is 368 g/mol. The summed E-state index contributed by atoms with van der Waals surface area (Å²) in [5.74, 6) is 0.794. The zero-order valence-corrected chi connectivity index (χ0v) is 14.7. The maximum atomic E-state index is 13.0. The normalized spacial score (nSPS) is 14.4. The molecule has 1 unspecified atom stereocenters. The first kappa shape index (κ1) is 14.6. The number of nitrogens with zero attached hydrogens (tertiary/aromatic N) is 2. The van der Waals surface area contributed by atoms with Crippen LogP contribution >= 0.6 is 15.9 Å². The van der Waals surface area contributed by atoms with Crippen molar-refractivity contribution in [3.05, 3.63) is 63.4 Å². The first-order valence-electron chi connectivity index (χ1n) is 7.83. The van der Waals surface area contributed by atoms with Gasteiger partial charge in [0.2, 0.25) is 0 Å². The maximum Gasteiger partial charge on any atom is 0.261 e. The van der Waals surface area contributed by atoms with Crippen molar-refractivity contribution in [2.75, 3.05) is 0 Å². The van der Waals surface area contributed by atoms with Crippen molar-refractivity contribution in [1.82, 2.24) is 9.55 Å². The third-order valence-electron chi connectivity index (χ3n) is 4.52. The van der Waals surface area contributed by atoms with E-state index in [4.69, 9.17) is 4.98 Å². The number of rotatable bonds is 1. The lowest BCUT2D eigenvalue weighted by atomic mass is 9.99. The summed E-state index contributed by atoms with van der Waals surface area (Å²) in [6.07, 6.45) is 0.879. The lowest BCUT2D eigenvalue weighted by Gasteiger charge is -2.22. The van der Waals surface area contributed by atoms with Gasteiger partial charge in [-0.1, -0.05) is 46.3 Å². The van der Waals surface area contributed by atoms with E-state index in [2.05, 4.69) is 41.1 Å². The van der Waals surface area contributed by atoms with Gasteiger partial charge in [-0.2, -0.15) is 0 Å². The molecular weight excluding hydrogens is 352 g/mol. The summed E-state index contributed by atoms with van der Waals surface area (Å²) in [4.78, 5) is 18.1. The van der Waals surface area contributed by atoms with Crippen LogP contribution in [0.4, 0.5) is 0 Å². The van der Waals surface area contributed by atoms with Crippen LogP contribution in [0.25, 0.3) is 22.3 Å². The number of aryl methyl sites for hydroxylation is 2. The number of aromatic nitrogens is 2. The van der Waals surface area contributed by atoms with E-state index >= 15 is 0 Å². The summed E-state index contributed by atoms with van der Waals surface area (Å²) in [5.41, 5.74) is 5.38. The topological polar surface area (TPSA) is 34.9 Å². The lowest BCUT2D eigenvalue weighted by molar-refractivity contribution is 0.652. The Hall–Kier alpha value is -1.94. The number of hydrogen-bond acceptors (Lipinski definition) is 2. The van der Waals surface area contributed by atoms with Gasteiger partial charge in [0.25, 0.3) is 5.56 Å². The van der Waals surface area contributed by atoms with Crippen LogP contribution in [-0.4, -0.2) is 9.55 Å². The van der Waals surface area contributed by atoms with Crippen LogP contribution < -0.4 is 5.56 Å². The van der Waals surface area contributed by atoms with Crippen LogP contribution in [0, 0.1) is 6.92 Å². The molecule has 1 aromatic heterocycles. The van der Waals surface area contributed by atoms with Crippen LogP contribution in [0.5, 0.6) is 0 Å². The van der Waals surface area contributed by atoms with Crippen LogP contribution in [0.3, 0.4) is 0 Å². The first-order chi connectivity index (χ1) is 11.1. The molecule has 0 N–H and O–H groups in total. The number of alkyl halides is 1. The average molecular weight is 369 g/mol. The number of benzene rings is 2. The molecule has 0 aliphatic carbocycles. The van der Waals surface area contributed by atoms with Gasteiger partial charge in [0.15, 0.2) is 0 Å². The highest BCUT2D eigenvalue weighted by Gasteiger charge is 2.21. The van der Waals surface area contributed by atoms with Gasteiger partial charge >= 0.3 is 0 Å². The Morgan fingerprint density at radius 1 is 1.26 bits per heavy atom. The van der Waals surface area contributed by atoms with E-state index in [1.54, 1.807) is 0 Å². The fourth-order valence-electron chi connectivity index (χ4n) is 3.41. The molecule has 2 heterocycles. The number of fused-ring (bicyclic) bond motifs is 4. The highest BCUT2D eigenvalue weighted by molar-refractivity contribution is 9.09. The summed E-state index contributed by atoms with van der Waals surface area (Å²) < 4.78 is 1.83. The van der Waals surface area contributed by atoms with E-state index in [9.17, 15) is 4.79 Å². The molecule has 2 aromatic carbocycles. The number of halogens is 1. The Labute approximate surface area is 143 Å². The van der Waals surface area contributed by atoms with Crippen molar-refractivity contribution in [2.45, 2.75) is 31.6 Å². The van der Waals surface area contributed by atoms with Gasteiger partial charge < -0.3 is 0 Å². The van der Waals surface area contributed by atoms with E-state index in [1.807, 2.05) is 29.7 Å². The SMILES string of the molecule is Cc1cc(C(C)Br)c2nc3n(c(=O)c2c1)CCc1ccccc1-3. The second kappa shape index (κ2) is 5.31. The molecule has 0 spiro atoms. The highest BCUT2D eigenvalue weighted by atomic mass is 79.9. The molecule has 0 fully saturated rings. The molecule has 0 bridgehead atoms. The predicted molar refractivity (Wildman–Crippen MR) is 97.2 cm³/mol. The third-order valence-corrected chi connectivity index (χ3v) is 5.02. The molecule has 0 amide bonds. The molecule has 1 aliphatic heterocycles. The van der Waals surface area contributed by atoms with Crippen LogP contribution in [0.2, 0.25) is 0 Å². The molecule has 0 radical (unpaired) electrons. The van der Waals surface area contributed by atoms with Gasteiger partial charge in [0.1, 0.15) is 5.82 Å². The van der Waals surface area contributed by atoms with Crippen LogP contribution in [0.1, 0.15) is 28.4 Å². The summed E-state index contributed by atoms with van der Waals surface area (Å²) in [7, 11) is 0. The van der Waals surface area contributed by atoms with Gasteiger partial charge in [-0.05, 0) is 43.0 Å². The summed E-state index contributed by atoms with van der Waals surface area (Å²) in [6, 6.07) is 12.3. The molecule has 1 atom stereocenters. The summed E-state index contributed by atoms with van der Waals surface area (Å²) in [6.45, 7) is 4.79. The van der Waals surface area contributed by atoms with E-state index < -0.39 is 0 Å². The molecular formula is C19H17BrN2O. The lowest BCUT2D eigenvalue weighted by Crippen LogP contribution is -2.27. The largest absolute Gasteiger partial charge is 0.292 e. The van der Waals surface area contributed by atoms with Crippen molar-refractivity contribution in [1.29, 1.82) is 0 Å². The third kappa shape index (κ3) is 2.24. The van der Waals surface area contributed by atoms with E-state index in [-0.39, 0.29) is 10.4 Å². The van der Waals surface area contributed by atoms with Crippen LogP contribution in [0.15, 0.2) is 41.2 Å². The quantitative estimate of drug-likeness (QED) is 0.597. The molecule has 23 heavy (non-hydrogen) atoms. The zero-order valence-electron chi connectivity index (χ0n) is 13.1. The van der Waals surface area contributed by atoms with Crippen molar-refractivity contribution < 1.29 is 0 Å². The second-order valence-corrected chi connectivity index (χ2v) is 7.54. The molecule has 0 saturated heterocycles. The fourth-order valence-corrected chi connectivity index (χ4v) is 3.76. The minimum atomic E-state index is 0.0672. The van der Waals surface area contributed by atoms with Gasteiger partial charge in [-0.25, -0.2) is 4.98 Å². The second-order valence-electron chi connectivity index (χ2n) is 6.17. The Morgan fingerprint density at radius 3 is 2.83 bits per heavy atom. The van der Waals surface area contributed by atoms with E-state index in [1.165, 1.54) is 5.56 Å². The Kier molecular flexibility index (Phi) is 3.38. The summed E-state index contributed by atoms with van der Waals surface area (Å²) >= 11 is 3.64. The van der Waals surface area contributed by atoms with Crippen molar-refractivity contribution in [2.24, 2.45) is 0 Å². The molecule has 4 heteroatoms. The van der Waals surface area contributed by atoms with Gasteiger partial charge in [-0.15, -0.1) is 0 Å². The fraction of sp³-hybridized carbons (Fsp3) is 0.263. The summed E-state index contributed by atoms with van der Waals surface area (Å²) in [5, 5.41) is 0.717. The maximum absolute atomic E-state index is 13.0. The molecule has 3 nitrogen and oxygen atoms in total. The van der Waals surface area contributed by atoms with Crippen molar-refractivity contribution in [3.8, 4) is 11.4 Å². The van der Waals surface area contributed by atoms with Crippen molar-refractivity contribution >= 4 is 26.8 Å². The van der Waals surface area contributed by atoms with Crippen molar-refractivity contribution in [3.63, 3.8) is 0 Å². The van der Waals surface area contributed by atoms with Gasteiger partial charge in [0.05, 0.1) is 10.9 Å². The minimum Gasteiger partial charge on any atom is -0.292 e. The Balaban J connectivity index is 2.14. The zero-order chi connectivity index (χ0) is 16.1.